The van der Waals surface area contributed by atoms with Gasteiger partial charge in [0, 0.05) is 11.3 Å². The van der Waals surface area contributed by atoms with Crippen LogP contribution in [-0.4, -0.2) is 25.5 Å². The van der Waals surface area contributed by atoms with Crippen LogP contribution in [0.3, 0.4) is 0 Å². The summed E-state index contributed by atoms with van der Waals surface area (Å²) in [6.45, 7) is 0.409. The van der Waals surface area contributed by atoms with E-state index in [4.69, 9.17) is 9.47 Å². The van der Waals surface area contributed by atoms with Crippen molar-refractivity contribution in [3.05, 3.63) is 90.0 Å². The van der Waals surface area contributed by atoms with E-state index in [9.17, 15) is 9.59 Å². The normalized spacial score (nSPS) is 10.0. The number of hydrazine groups is 1. The van der Waals surface area contributed by atoms with Gasteiger partial charge in [-0.2, -0.15) is 0 Å². The third-order valence-corrected chi connectivity index (χ3v) is 4.20. The lowest BCUT2D eigenvalue weighted by molar-refractivity contribution is -0.120. The average molecular weight is 405 g/mol. The number of hydrogen-bond acceptors (Lipinski definition) is 5. The van der Waals surface area contributed by atoms with Crippen LogP contribution in [0.1, 0.15) is 15.9 Å². The Kier molecular flexibility index (Phi) is 7.27. The number of carbonyl (C=O) groups excluding carboxylic acids is 2. The summed E-state index contributed by atoms with van der Waals surface area (Å²) in [4.78, 5) is 24.3. The van der Waals surface area contributed by atoms with E-state index in [1.165, 1.54) is 0 Å². The first-order valence-corrected chi connectivity index (χ1v) is 9.38. The first-order chi connectivity index (χ1) is 14.6. The van der Waals surface area contributed by atoms with Gasteiger partial charge in [-0.25, -0.2) is 0 Å². The number of benzene rings is 3. The Balaban J connectivity index is 1.45. The number of rotatable bonds is 8. The average Bonchev–Trinajstić information content (AvgIpc) is 2.81. The largest absolute Gasteiger partial charge is 0.497 e. The van der Waals surface area contributed by atoms with Crippen molar-refractivity contribution < 1.29 is 19.1 Å². The molecule has 154 valence electrons. The molecule has 0 aliphatic carbocycles. The van der Waals surface area contributed by atoms with Gasteiger partial charge in [-0.1, -0.05) is 36.4 Å². The Morgan fingerprint density at radius 2 is 1.60 bits per heavy atom. The maximum absolute atomic E-state index is 12.3. The predicted molar refractivity (Wildman–Crippen MR) is 114 cm³/mol. The summed E-state index contributed by atoms with van der Waals surface area (Å²) in [5.74, 6) is 0.486. The number of nitrogens with one attached hydrogen (secondary N) is 3. The second-order valence-corrected chi connectivity index (χ2v) is 6.39. The number of anilines is 1. The Bertz CT molecular complexity index is 975. The summed E-state index contributed by atoms with van der Waals surface area (Å²) < 4.78 is 10.8. The highest BCUT2D eigenvalue weighted by Crippen LogP contribution is 2.16. The summed E-state index contributed by atoms with van der Waals surface area (Å²) in [5, 5.41) is 2.96. The van der Waals surface area contributed by atoms with Gasteiger partial charge in [0.05, 0.1) is 13.7 Å². The second-order valence-electron chi connectivity index (χ2n) is 6.39. The Morgan fingerprint density at radius 1 is 0.833 bits per heavy atom. The number of methoxy groups -OCH3 is 1. The SMILES string of the molecule is COc1ccc(NCC(=O)NNC(=O)c2cccc(OCc3ccccc3)c2)cc1. The van der Waals surface area contributed by atoms with Gasteiger partial charge < -0.3 is 14.8 Å². The van der Waals surface area contributed by atoms with Gasteiger partial charge in [-0.3, -0.25) is 20.4 Å². The molecule has 0 radical (unpaired) electrons. The van der Waals surface area contributed by atoms with Crippen molar-refractivity contribution in [2.45, 2.75) is 6.61 Å². The summed E-state index contributed by atoms with van der Waals surface area (Å²) in [7, 11) is 1.59. The van der Waals surface area contributed by atoms with Gasteiger partial charge in [0.15, 0.2) is 0 Å². The van der Waals surface area contributed by atoms with Crippen LogP contribution in [0.5, 0.6) is 11.5 Å². The molecule has 0 aromatic heterocycles. The van der Waals surface area contributed by atoms with Crippen LogP contribution in [0.15, 0.2) is 78.9 Å². The Labute approximate surface area is 175 Å². The van der Waals surface area contributed by atoms with E-state index in [-0.39, 0.29) is 12.5 Å². The molecule has 0 atom stereocenters. The topological polar surface area (TPSA) is 88.7 Å². The summed E-state index contributed by atoms with van der Waals surface area (Å²) >= 11 is 0. The molecule has 0 saturated carbocycles. The van der Waals surface area contributed by atoms with Gasteiger partial charge in [0.25, 0.3) is 11.8 Å². The zero-order valence-corrected chi connectivity index (χ0v) is 16.6. The smallest absolute Gasteiger partial charge is 0.269 e. The van der Waals surface area contributed by atoms with Crippen molar-refractivity contribution in [1.82, 2.24) is 10.9 Å². The van der Waals surface area contributed by atoms with Crippen molar-refractivity contribution in [2.75, 3.05) is 19.0 Å². The van der Waals surface area contributed by atoms with Crippen molar-refractivity contribution in [3.63, 3.8) is 0 Å². The Hall–Kier alpha value is -4.00. The van der Waals surface area contributed by atoms with E-state index in [1.807, 2.05) is 30.3 Å². The van der Waals surface area contributed by atoms with Crippen LogP contribution in [-0.2, 0) is 11.4 Å². The third-order valence-electron chi connectivity index (χ3n) is 4.20. The lowest BCUT2D eigenvalue weighted by Gasteiger charge is -2.11. The van der Waals surface area contributed by atoms with Gasteiger partial charge in [-0.05, 0) is 48.0 Å². The zero-order valence-electron chi connectivity index (χ0n) is 16.6. The highest BCUT2D eigenvalue weighted by atomic mass is 16.5. The zero-order chi connectivity index (χ0) is 21.2. The van der Waals surface area contributed by atoms with Crippen LogP contribution in [0.2, 0.25) is 0 Å². The second kappa shape index (κ2) is 10.5. The molecule has 0 aliphatic heterocycles. The minimum absolute atomic E-state index is 0.00678. The highest BCUT2D eigenvalue weighted by Gasteiger charge is 2.09. The van der Waals surface area contributed by atoms with Crippen LogP contribution in [0.4, 0.5) is 5.69 Å². The molecule has 7 heteroatoms. The standard InChI is InChI=1S/C23H23N3O4/c1-29-20-12-10-19(11-13-20)24-15-22(27)25-26-23(28)18-8-5-9-21(14-18)30-16-17-6-3-2-4-7-17/h2-14,24H,15-16H2,1H3,(H,25,27)(H,26,28). The molecule has 2 amide bonds. The minimum atomic E-state index is -0.432. The molecule has 0 heterocycles. The van der Waals surface area contributed by atoms with E-state index >= 15 is 0 Å². The van der Waals surface area contributed by atoms with E-state index in [0.29, 0.717) is 17.9 Å². The molecular weight excluding hydrogens is 382 g/mol. The summed E-state index contributed by atoms with van der Waals surface area (Å²) in [6.07, 6.45) is 0. The molecule has 0 spiro atoms. The van der Waals surface area contributed by atoms with Gasteiger partial charge in [0.2, 0.25) is 0 Å². The van der Waals surface area contributed by atoms with Crippen LogP contribution >= 0.6 is 0 Å². The lowest BCUT2D eigenvalue weighted by atomic mass is 10.2. The molecular formula is C23H23N3O4. The molecule has 0 saturated heterocycles. The summed E-state index contributed by atoms with van der Waals surface area (Å²) in [6, 6.07) is 23.7. The number of amides is 2. The fraction of sp³-hybridized carbons (Fsp3) is 0.130. The predicted octanol–water partition coefficient (Wildman–Crippen LogP) is 3.15. The lowest BCUT2D eigenvalue weighted by Crippen LogP contribution is -2.44. The molecule has 3 aromatic rings. The first-order valence-electron chi connectivity index (χ1n) is 9.38. The monoisotopic (exact) mass is 405 g/mol. The molecule has 3 aromatic carbocycles. The van der Waals surface area contributed by atoms with Gasteiger partial charge in [0.1, 0.15) is 18.1 Å². The summed E-state index contributed by atoms with van der Waals surface area (Å²) in [5.41, 5.74) is 6.96. The van der Waals surface area contributed by atoms with Crippen molar-refractivity contribution in [2.24, 2.45) is 0 Å². The van der Waals surface area contributed by atoms with E-state index < -0.39 is 5.91 Å². The molecule has 3 rings (SSSR count). The maximum Gasteiger partial charge on any atom is 0.269 e. The van der Waals surface area contributed by atoms with Crippen LogP contribution < -0.4 is 25.6 Å². The van der Waals surface area contributed by atoms with Crippen molar-refractivity contribution in [3.8, 4) is 11.5 Å². The van der Waals surface area contributed by atoms with Crippen molar-refractivity contribution >= 4 is 17.5 Å². The molecule has 0 bridgehead atoms. The van der Waals surface area contributed by atoms with Crippen LogP contribution in [0.25, 0.3) is 0 Å². The number of carbonyl (C=O) groups is 2. The van der Waals surface area contributed by atoms with Crippen LogP contribution in [0, 0.1) is 0 Å². The first kappa shape index (κ1) is 20.7. The van der Waals surface area contributed by atoms with E-state index in [2.05, 4.69) is 16.2 Å². The molecule has 3 N–H and O–H groups in total. The van der Waals surface area contributed by atoms with Gasteiger partial charge in [-0.15, -0.1) is 0 Å². The quantitative estimate of drug-likeness (QED) is 0.501. The number of hydrogen-bond donors (Lipinski definition) is 3. The molecule has 30 heavy (non-hydrogen) atoms. The van der Waals surface area contributed by atoms with Crippen molar-refractivity contribution in [1.29, 1.82) is 0 Å². The maximum atomic E-state index is 12.3. The number of ether oxygens (including phenoxy) is 2. The van der Waals surface area contributed by atoms with E-state index in [1.54, 1.807) is 55.6 Å². The fourth-order valence-electron chi connectivity index (χ4n) is 2.60. The Morgan fingerprint density at radius 3 is 2.33 bits per heavy atom. The van der Waals surface area contributed by atoms with E-state index in [0.717, 1.165) is 17.0 Å². The molecule has 0 aliphatic rings. The molecule has 0 unspecified atom stereocenters. The molecule has 7 nitrogen and oxygen atoms in total. The minimum Gasteiger partial charge on any atom is -0.497 e. The molecule has 0 fully saturated rings. The third kappa shape index (κ3) is 6.27. The highest BCUT2D eigenvalue weighted by molar-refractivity contribution is 5.96. The fourth-order valence-corrected chi connectivity index (χ4v) is 2.60. The van der Waals surface area contributed by atoms with Gasteiger partial charge >= 0.3 is 0 Å².